The second-order valence-electron chi connectivity index (χ2n) is 9.83. The van der Waals surface area contributed by atoms with E-state index in [1.54, 1.807) is 6.92 Å². The number of carboxylic acid groups (broad SMARTS) is 1. The van der Waals surface area contributed by atoms with Crippen LogP contribution in [0.1, 0.15) is 45.6 Å². The molecule has 2 aromatic carbocycles. The minimum absolute atomic E-state index is 0.227. The number of anilines is 1. The van der Waals surface area contributed by atoms with Crippen molar-refractivity contribution in [1.82, 2.24) is 0 Å². The first-order valence-corrected chi connectivity index (χ1v) is 10.3. The highest BCUT2D eigenvalue weighted by molar-refractivity contribution is 6.21. The molecule has 30 heavy (non-hydrogen) atoms. The van der Waals surface area contributed by atoms with Crippen LogP contribution in [0.2, 0.25) is 0 Å². The van der Waals surface area contributed by atoms with Crippen molar-refractivity contribution < 1.29 is 19.5 Å². The number of carboxylic acids is 1. The molecule has 0 spiro atoms. The number of carbonyl (C=O) groups excluding carboxylic acids is 2. The van der Waals surface area contributed by atoms with Crippen molar-refractivity contribution in [3.63, 3.8) is 0 Å². The average Bonchev–Trinajstić information content (AvgIpc) is 2.68. The maximum Gasteiger partial charge on any atom is 0.309 e. The Balaban J connectivity index is 1.83. The van der Waals surface area contributed by atoms with Gasteiger partial charge >= 0.3 is 5.97 Å². The fourth-order valence-electron chi connectivity index (χ4n) is 5.74. The molecule has 156 valence electrons. The number of aliphatic carboxylic acids is 1. The van der Waals surface area contributed by atoms with Crippen molar-refractivity contribution in [2.45, 2.75) is 47.0 Å². The molecular weight excluding hydrogens is 378 g/mol. The third-order valence-electron chi connectivity index (χ3n) is 6.85. The van der Waals surface area contributed by atoms with Gasteiger partial charge in [-0.05, 0) is 55.9 Å². The van der Waals surface area contributed by atoms with Crippen LogP contribution >= 0.6 is 0 Å². The van der Waals surface area contributed by atoms with Gasteiger partial charge in [0.15, 0.2) is 0 Å². The second-order valence-corrected chi connectivity index (χ2v) is 9.83. The fraction of sp³-hybridized carbons (Fsp3) is 0.400. The summed E-state index contributed by atoms with van der Waals surface area (Å²) in [6.45, 7) is 7.16. The first-order chi connectivity index (χ1) is 14.0. The Labute approximate surface area is 176 Å². The summed E-state index contributed by atoms with van der Waals surface area (Å²) in [5.41, 5.74) is 0.462. The molecule has 2 fully saturated rings. The highest BCUT2D eigenvalue weighted by Gasteiger charge is 2.63. The number of piperidine rings is 1. The first kappa shape index (κ1) is 20.3. The Morgan fingerprint density at radius 2 is 1.43 bits per heavy atom. The van der Waals surface area contributed by atoms with Crippen LogP contribution in [0.25, 0.3) is 11.1 Å². The van der Waals surface area contributed by atoms with E-state index < -0.39 is 22.2 Å². The molecule has 2 amide bonds. The van der Waals surface area contributed by atoms with Gasteiger partial charge in [0.1, 0.15) is 0 Å². The molecule has 2 aromatic rings. The summed E-state index contributed by atoms with van der Waals surface area (Å²) in [5, 5.41) is 9.81. The maximum atomic E-state index is 13.6. The van der Waals surface area contributed by atoms with Crippen LogP contribution in [0, 0.1) is 23.2 Å². The molecule has 5 heteroatoms. The highest BCUT2D eigenvalue weighted by Crippen LogP contribution is 2.59. The van der Waals surface area contributed by atoms with E-state index in [0.717, 1.165) is 16.7 Å². The van der Waals surface area contributed by atoms with E-state index >= 15 is 0 Å². The maximum absolute atomic E-state index is 13.6. The minimum atomic E-state index is -1.10. The van der Waals surface area contributed by atoms with Crippen LogP contribution in [0.15, 0.2) is 48.5 Å². The van der Waals surface area contributed by atoms with Crippen molar-refractivity contribution in [1.29, 1.82) is 0 Å². The molecule has 4 rings (SSSR count). The van der Waals surface area contributed by atoms with Crippen molar-refractivity contribution in [2.24, 2.45) is 16.2 Å². The Bertz CT molecular complexity index is 1030. The number of benzene rings is 2. The monoisotopic (exact) mass is 405 g/mol. The number of amides is 2. The summed E-state index contributed by atoms with van der Waals surface area (Å²) in [4.78, 5) is 40.6. The topological polar surface area (TPSA) is 74.7 Å². The van der Waals surface area contributed by atoms with Gasteiger partial charge < -0.3 is 5.11 Å². The minimum Gasteiger partial charge on any atom is -0.481 e. The van der Waals surface area contributed by atoms with Crippen LogP contribution in [-0.2, 0) is 14.4 Å². The predicted molar refractivity (Wildman–Crippen MR) is 115 cm³/mol. The lowest BCUT2D eigenvalue weighted by molar-refractivity contribution is -0.167. The zero-order valence-corrected chi connectivity index (χ0v) is 17.9. The molecule has 1 saturated carbocycles. The molecule has 1 saturated heterocycles. The van der Waals surface area contributed by atoms with Gasteiger partial charge in [0.2, 0.25) is 11.8 Å². The van der Waals surface area contributed by atoms with Crippen LogP contribution in [-0.4, -0.2) is 22.9 Å². The lowest BCUT2D eigenvalue weighted by Crippen LogP contribution is -2.64. The summed E-state index contributed by atoms with van der Waals surface area (Å²) in [5.74, 6) is -1.55. The Hall–Kier alpha value is -2.95. The number of fused-ring (bicyclic) bond motifs is 2. The summed E-state index contributed by atoms with van der Waals surface area (Å²) in [6, 6.07) is 15.6. The van der Waals surface area contributed by atoms with Crippen molar-refractivity contribution in [2.75, 3.05) is 4.90 Å². The third-order valence-corrected chi connectivity index (χ3v) is 6.85. The number of imide groups is 1. The van der Waals surface area contributed by atoms with Gasteiger partial charge in [-0.25, -0.2) is 4.90 Å². The van der Waals surface area contributed by atoms with E-state index in [0.29, 0.717) is 12.1 Å². The van der Waals surface area contributed by atoms with Crippen LogP contribution in [0.4, 0.5) is 5.69 Å². The molecule has 1 heterocycles. The number of nitrogens with zero attached hydrogens (tertiary/aromatic N) is 1. The van der Waals surface area contributed by atoms with E-state index in [-0.39, 0.29) is 24.7 Å². The fourth-order valence-corrected chi connectivity index (χ4v) is 5.74. The molecule has 5 nitrogen and oxygen atoms in total. The van der Waals surface area contributed by atoms with Gasteiger partial charge in [-0.2, -0.15) is 0 Å². The molecule has 1 unspecified atom stereocenters. The lowest BCUT2D eigenvalue weighted by Gasteiger charge is -2.55. The summed E-state index contributed by atoms with van der Waals surface area (Å²) in [7, 11) is 0. The molecule has 2 bridgehead atoms. The van der Waals surface area contributed by atoms with E-state index in [4.69, 9.17) is 0 Å². The van der Waals surface area contributed by atoms with E-state index in [2.05, 4.69) is 0 Å². The Morgan fingerprint density at radius 3 is 1.97 bits per heavy atom. The van der Waals surface area contributed by atoms with Crippen molar-refractivity contribution in [3.05, 3.63) is 54.1 Å². The van der Waals surface area contributed by atoms with Crippen LogP contribution in [0.3, 0.4) is 0 Å². The molecule has 1 aliphatic carbocycles. The summed E-state index contributed by atoms with van der Waals surface area (Å²) >= 11 is 0. The van der Waals surface area contributed by atoms with Gasteiger partial charge in [-0.1, -0.05) is 56.3 Å². The Morgan fingerprint density at radius 1 is 0.867 bits per heavy atom. The number of hydrogen-bond donors (Lipinski definition) is 1. The molecule has 1 N–H and O–H groups in total. The average molecular weight is 405 g/mol. The molecule has 0 radical (unpaired) electrons. The van der Waals surface area contributed by atoms with E-state index in [1.807, 2.05) is 69.3 Å². The normalized spacial score (nSPS) is 31.0. The van der Waals surface area contributed by atoms with Crippen molar-refractivity contribution in [3.8, 4) is 11.1 Å². The number of aryl methyl sites for hydroxylation is 1. The van der Waals surface area contributed by atoms with Gasteiger partial charge in [-0.15, -0.1) is 0 Å². The van der Waals surface area contributed by atoms with Gasteiger partial charge in [0, 0.05) is 10.8 Å². The van der Waals surface area contributed by atoms with Crippen molar-refractivity contribution >= 4 is 23.5 Å². The van der Waals surface area contributed by atoms with Crippen LogP contribution in [0.5, 0.6) is 0 Å². The molecule has 0 aromatic heterocycles. The van der Waals surface area contributed by atoms with E-state index in [1.165, 1.54) is 4.90 Å². The van der Waals surface area contributed by atoms with Gasteiger partial charge in [0.05, 0.1) is 11.1 Å². The number of carbonyl (C=O) groups is 3. The Kier molecular flexibility index (Phi) is 4.42. The standard InChI is InChI=1S/C25H27NO4/c1-16-10-11-18(17-8-6-5-7-9-17)12-19(16)26-20(27)23(2)13-24(3,21(26)28)15-25(4,14-23)22(29)30/h5-12H,13-15H2,1-4H3,(H,29,30)/t23-,24+,25?. The molecule has 1 aliphatic heterocycles. The molecule has 3 atom stereocenters. The summed E-state index contributed by atoms with van der Waals surface area (Å²) < 4.78 is 0. The largest absolute Gasteiger partial charge is 0.481 e. The first-order valence-electron chi connectivity index (χ1n) is 10.3. The van der Waals surface area contributed by atoms with Crippen LogP contribution < -0.4 is 4.90 Å². The zero-order valence-electron chi connectivity index (χ0n) is 17.9. The highest BCUT2D eigenvalue weighted by atomic mass is 16.4. The SMILES string of the molecule is Cc1ccc(-c2ccccc2)cc1N1C(=O)[C@@]2(C)CC(C)(C(=O)O)C[C@](C)(C2)C1=O. The predicted octanol–water partition coefficient (Wildman–Crippen LogP) is 4.82. The number of rotatable bonds is 3. The summed E-state index contributed by atoms with van der Waals surface area (Å²) in [6.07, 6.45) is 0.838. The number of hydrogen-bond acceptors (Lipinski definition) is 3. The second kappa shape index (κ2) is 6.53. The van der Waals surface area contributed by atoms with Gasteiger partial charge in [-0.3, -0.25) is 14.4 Å². The molecular formula is C25H27NO4. The smallest absolute Gasteiger partial charge is 0.309 e. The quantitative estimate of drug-likeness (QED) is 0.743. The molecule has 2 aliphatic rings. The van der Waals surface area contributed by atoms with Gasteiger partial charge in [0.25, 0.3) is 0 Å². The third kappa shape index (κ3) is 2.95. The lowest BCUT2D eigenvalue weighted by atomic mass is 9.51. The zero-order chi connectivity index (χ0) is 21.9. The van der Waals surface area contributed by atoms with E-state index in [9.17, 15) is 19.5 Å².